The molecule has 0 atom stereocenters. The van der Waals surface area contributed by atoms with E-state index >= 15 is 0 Å². The first-order valence-corrected chi connectivity index (χ1v) is 6.37. The highest BCUT2D eigenvalue weighted by molar-refractivity contribution is 9.10. The number of hydrogen-bond acceptors (Lipinski definition) is 2. The van der Waals surface area contributed by atoms with Crippen molar-refractivity contribution in [3.63, 3.8) is 0 Å². The summed E-state index contributed by atoms with van der Waals surface area (Å²) in [6.07, 6.45) is 0. The van der Waals surface area contributed by atoms with Crippen LogP contribution in [0.25, 0.3) is 11.3 Å². The van der Waals surface area contributed by atoms with Gasteiger partial charge < -0.3 is 0 Å². The van der Waals surface area contributed by atoms with Crippen molar-refractivity contribution in [2.75, 3.05) is 0 Å². The fourth-order valence-electron chi connectivity index (χ4n) is 1.54. The Hall–Kier alpha value is -1.43. The lowest BCUT2D eigenvalue weighted by Crippen LogP contribution is -2.00. The van der Waals surface area contributed by atoms with E-state index in [2.05, 4.69) is 25.9 Å². The Morgan fingerprint density at radius 1 is 1.00 bits per heavy atom. The smallest absolute Gasteiger partial charge is 0.194 e. The summed E-state index contributed by atoms with van der Waals surface area (Å²) in [6.45, 7) is 3.80. The van der Waals surface area contributed by atoms with Gasteiger partial charge in [-0.1, -0.05) is 13.8 Å². The zero-order chi connectivity index (χ0) is 14.2. The second kappa shape index (κ2) is 5.28. The maximum Gasteiger partial charge on any atom is 0.194 e. The lowest BCUT2D eigenvalue weighted by atomic mass is 10.1. The minimum absolute atomic E-state index is 0.0615. The molecule has 2 rings (SSSR count). The average Bonchev–Trinajstić information content (AvgIpc) is 2.34. The van der Waals surface area contributed by atoms with E-state index in [0.717, 1.165) is 12.1 Å². The molecule has 0 fully saturated rings. The van der Waals surface area contributed by atoms with Crippen molar-refractivity contribution in [1.82, 2.24) is 9.97 Å². The minimum Gasteiger partial charge on any atom is -0.233 e. The number of rotatable bonds is 2. The van der Waals surface area contributed by atoms with E-state index in [1.165, 1.54) is 6.07 Å². The molecule has 2 nitrogen and oxygen atoms in total. The summed E-state index contributed by atoms with van der Waals surface area (Å²) >= 11 is 3.22. The molecule has 1 aromatic carbocycles. The van der Waals surface area contributed by atoms with Crippen LogP contribution in [0.15, 0.2) is 22.8 Å². The van der Waals surface area contributed by atoms with Crippen molar-refractivity contribution in [2.45, 2.75) is 19.8 Å². The van der Waals surface area contributed by atoms with Crippen LogP contribution in [0.3, 0.4) is 0 Å². The Morgan fingerprint density at radius 3 is 2.11 bits per heavy atom. The van der Waals surface area contributed by atoms with Gasteiger partial charge in [0.2, 0.25) is 0 Å². The molecule has 1 aromatic heterocycles. The van der Waals surface area contributed by atoms with Crippen molar-refractivity contribution in [3.05, 3.63) is 46.1 Å². The monoisotopic (exact) mass is 330 g/mol. The molecule has 0 aliphatic rings. The van der Waals surface area contributed by atoms with Gasteiger partial charge in [0.25, 0.3) is 0 Å². The Balaban J connectivity index is 2.59. The molecule has 0 N–H and O–H groups in total. The SMILES string of the molecule is CC(C)c1nc(Br)cc(-c2cc(F)c(F)c(F)c2)n1. The van der Waals surface area contributed by atoms with E-state index < -0.39 is 17.5 Å². The largest absolute Gasteiger partial charge is 0.233 e. The van der Waals surface area contributed by atoms with Crippen LogP contribution in [0.4, 0.5) is 13.2 Å². The highest BCUT2D eigenvalue weighted by Crippen LogP contribution is 2.25. The Labute approximate surface area is 116 Å². The van der Waals surface area contributed by atoms with Crippen molar-refractivity contribution in [3.8, 4) is 11.3 Å². The van der Waals surface area contributed by atoms with Crippen LogP contribution < -0.4 is 0 Å². The molecule has 0 saturated carbocycles. The summed E-state index contributed by atoms with van der Waals surface area (Å²) in [4.78, 5) is 8.38. The van der Waals surface area contributed by atoms with Gasteiger partial charge in [-0.15, -0.1) is 0 Å². The quantitative estimate of drug-likeness (QED) is 0.600. The normalized spacial score (nSPS) is 11.1. The topological polar surface area (TPSA) is 25.8 Å². The summed E-state index contributed by atoms with van der Waals surface area (Å²) in [6, 6.07) is 3.35. The van der Waals surface area contributed by atoms with Gasteiger partial charge in [-0.25, -0.2) is 23.1 Å². The van der Waals surface area contributed by atoms with Gasteiger partial charge in [0.1, 0.15) is 10.4 Å². The summed E-state index contributed by atoms with van der Waals surface area (Å²) in [5.41, 5.74) is 0.504. The van der Waals surface area contributed by atoms with Crippen molar-refractivity contribution < 1.29 is 13.2 Å². The van der Waals surface area contributed by atoms with E-state index in [-0.39, 0.29) is 11.5 Å². The molecule has 0 aliphatic carbocycles. The zero-order valence-corrected chi connectivity index (χ0v) is 11.8. The third kappa shape index (κ3) is 2.94. The van der Waals surface area contributed by atoms with Crippen LogP contribution in [0.1, 0.15) is 25.6 Å². The Bertz CT molecular complexity index is 606. The van der Waals surface area contributed by atoms with E-state index in [4.69, 9.17) is 0 Å². The predicted octanol–water partition coefficient (Wildman–Crippen LogP) is 4.45. The number of aromatic nitrogens is 2. The molecular weight excluding hydrogens is 321 g/mol. The summed E-state index contributed by atoms with van der Waals surface area (Å²) in [5.74, 6) is -3.37. The molecule has 0 spiro atoms. The molecule has 0 aliphatic heterocycles. The maximum atomic E-state index is 13.2. The molecular formula is C13H10BrF3N2. The van der Waals surface area contributed by atoms with Crippen molar-refractivity contribution in [2.24, 2.45) is 0 Å². The summed E-state index contributed by atoms with van der Waals surface area (Å²) < 4.78 is 39.9. The standard InChI is InChI=1S/C13H10BrF3N2/c1-6(2)13-18-10(5-11(14)19-13)7-3-8(15)12(17)9(16)4-7/h3-6H,1-2H3. The maximum absolute atomic E-state index is 13.2. The van der Waals surface area contributed by atoms with Crippen molar-refractivity contribution in [1.29, 1.82) is 0 Å². The predicted molar refractivity (Wildman–Crippen MR) is 69.1 cm³/mol. The second-order valence-electron chi connectivity index (χ2n) is 4.34. The van der Waals surface area contributed by atoms with Gasteiger partial charge >= 0.3 is 0 Å². The van der Waals surface area contributed by atoms with E-state index in [1.807, 2.05) is 13.8 Å². The Kier molecular flexibility index (Phi) is 3.89. The molecule has 0 radical (unpaired) electrons. The van der Waals surface area contributed by atoms with Gasteiger partial charge in [0.05, 0.1) is 5.69 Å². The second-order valence-corrected chi connectivity index (χ2v) is 5.16. The Morgan fingerprint density at radius 2 is 1.58 bits per heavy atom. The molecule has 0 amide bonds. The van der Waals surface area contributed by atoms with Gasteiger partial charge in [0.15, 0.2) is 17.5 Å². The fourth-order valence-corrected chi connectivity index (χ4v) is 1.94. The molecule has 0 bridgehead atoms. The highest BCUT2D eigenvalue weighted by atomic mass is 79.9. The first-order valence-electron chi connectivity index (χ1n) is 5.58. The lowest BCUT2D eigenvalue weighted by Gasteiger charge is -2.08. The lowest BCUT2D eigenvalue weighted by molar-refractivity contribution is 0.447. The third-order valence-electron chi connectivity index (χ3n) is 2.51. The number of nitrogens with zero attached hydrogens (tertiary/aromatic N) is 2. The van der Waals surface area contributed by atoms with Crippen molar-refractivity contribution >= 4 is 15.9 Å². The van der Waals surface area contributed by atoms with Crippen LogP contribution in [0.5, 0.6) is 0 Å². The van der Waals surface area contributed by atoms with Gasteiger partial charge in [-0.05, 0) is 34.1 Å². The number of benzene rings is 1. The van der Waals surface area contributed by atoms with Gasteiger partial charge in [-0.3, -0.25) is 0 Å². The minimum atomic E-state index is -1.49. The average molecular weight is 331 g/mol. The molecule has 19 heavy (non-hydrogen) atoms. The third-order valence-corrected chi connectivity index (χ3v) is 2.91. The van der Waals surface area contributed by atoms with Crippen LogP contribution in [0.2, 0.25) is 0 Å². The molecule has 0 unspecified atom stereocenters. The van der Waals surface area contributed by atoms with E-state index in [1.54, 1.807) is 0 Å². The molecule has 1 heterocycles. The highest BCUT2D eigenvalue weighted by Gasteiger charge is 2.14. The van der Waals surface area contributed by atoms with Gasteiger partial charge in [-0.2, -0.15) is 0 Å². The zero-order valence-electron chi connectivity index (χ0n) is 10.2. The first-order chi connectivity index (χ1) is 8.88. The molecule has 2 aromatic rings. The van der Waals surface area contributed by atoms with Crippen LogP contribution in [-0.2, 0) is 0 Å². The van der Waals surface area contributed by atoms with Crippen LogP contribution in [0, 0.1) is 17.5 Å². The molecule has 0 saturated heterocycles. The first kappa shape index (κ1) is 14.0. The number of hydrogen-bond donors (Lipinski definition) is 0. The fraction of sp³-hybridized carbons (Fsp3) is 0.231. The van der Waals surface area contributed by atoms with Crippen LogP contribution in [-0.4, -0.2) is 9.97 Å². The summed E-state index contributed by atoms with van der Waals surface area (Å²) in [5, 5.41) is 0. The molecule has 6 heteroatoms. The number of halogens is 4. The van der Waals surface area contributed by atoms with Crippen LogP contribution >= 0.6 is 15.9 Å². The van der Waals surface area contributed by atoms with E-state index in [0.29, 0.717) is 16.1 Å². The van der Waals surface area contributed by atoms with Gasteiger partial charge in [0, 0.05) is 11.5 Å². The summed E-state index contributed by atoms with van der Waals surface area (Å²) in [7, 11) is 0. The van der Waals surface area contributed by atoms with E-state index in [9.17, 15) is 13.2 Å². The molecule has 100 valence electrons.